The first-order chi connectivity index (χ1) is 5.83. The van der Waals surface area contributed by atoms with Gasteiger partial charge in [-0.3, -0.25) is 9.63 Å². The molecule has 0 atom stereocenters. The van der Waals surface area contributed by atoms with E-state index in [9.17, 15) is 4.79 Å². The Labute approximate surface area is 82.7 Å². The zero-order valence-corrected chi connectivity index (χ0v) is 8.00. The summed E-state index contributed by atoms with van der Waals surface area (Å²) >= 11 is 0. The third-order valence-corrected chi connectivity index (χ3v) is 2.01. The lowest BCUT2D eigenvalue weighted by Crippen LogP contribution is -2.21. The molecule has 0 radical (unpaired) electrons. The highest BCUT2D eigenvalue weighted by Crippen LogP contribution is 2.21. The van der Waals surface area contributed by atoms with Crippen LogP contribution in [0, 0.1) is 0 Å². The monoisotopic (exact) mass is 199 g/mol. The summed E-state index contributed by atoms with van der Waals surface area (Å²) in [5, 5.41) is 1.35. The van der Waals surface area contributed by atoms with Crippen LogP contribution in [0.3, 0.4) is 0 Å². The average Bonchev–Trinajstić information content (AvgIpc) is 2.44. The second kappa shape index (κ2) is 3.77. The largest absolute Gasteiger partial charge is 0.278 e. The molecule has 0 aromatic heterocycles. The van der Waals surface area contributed by atoms with E-state index >= 15 is 0 Å². The van der Waals surface area contributed by atoms with E-state index in [1.807, 2.05) is 24.3 Å². The Balaban J connectivity index is 0.000000845. The van der Waals surface area contributed by atoms with Crippen molar-refractivity contribution in [2.45, 2.75) is 6.54 Å². The third kappa shape index (κ3) is 1.53. The van der Waals surface area contributed by atoms with Crippen molar-refractivity contribution in [1.82, 2.24) is 5.06 Å². The van der Waals surface area contributed by atoms with Gasteiger partial charge >= 0.3 is 0 Å². The normalized spacial score (nSPS) is 13.9. The fourth-order valence-electron chi connectivity index (χ4n) is 1.38. The molecule has 70 valence electrons. The summed E-state index contributed by atoms with van der Waals surface area (Å²) in [6.45, 7) is 0.561. The number of fused-ring (bicyclic) bond motifs is 1. The molecule has 3 nitrogen and oxygen atoms in total. The minimum absolute atomic E-state index is 0. The minimum atomic E-state index is -0.0481. The smallest absolute Gasteiger partial charge is 0.274 e. The molecule has 1 aromatic rings. The molecular formula is C9H10ClNO2. The number of rotatable bonds is 1. The van der Waals surface area contributed by atoms with Crippen molar-refractivity contribution in [1.29, 1.82) is 0 Å². The molecule has 0 bridgehead atoms. The molecule has 0 saturated carbocycles. The van der Waals surface area contributed by atoms with Gasteiger partial charge in [-0.05, 0) is 11.6 Å². The van der Waals surface area contributed by atoms with Crippen LogP contribution < -0.4 is 0 Å². The molecule has 1 aromatic carbocycles. The topological polar surface area (TPSA) is 29.5 Å². The van der Waals surface area contributed by atoms with Gasteiger partial charge in [0, 0.05) is 5.56 Å². The SMILES string of the molecule is CON1Cc2ccccc2C1=O.Cl. The molecule has 1 amide bonds. The van der Waals surface area contributed by atoms with Gasteiger partial charge in [0.25, 0.3) is 5.91 Å². The van der Waals surface area contributed by atoms with E-state index in [0.29, 0.717) is 6.54 Å². The predicted molar refractivity (Wildman–Crippen MR) is 50.6 cm³/mol. The van der Waals surface area contributed by atoms with Crippen LogP contribution >= 0.6 is 12.4 Å². The van der Waals surface area contributed by atoms with Gasteiger partial charge in [0.05, 0.1) is 13.7 Å². The number of nitrogens with zero attached hydrogens (tertiary/aromatic N) is 1. The maximum atomic E-state index is 11.4. The molecule has 1 aliphatic rings. The summed E-state index contributed by atoms with van der Waals surface area (Å²) in [7, 11) is 1.50. The summed E-state index contributed by atoms with van der Waals surface area (Å²) in [6, 6.07) is 7.53. The fraction of sp³-hybridized carbons (Fsp3) is 0.222. The number of hydrogen-bond acceptors (Lipinski definition) is 2. The Hall–Kier alpha value is -1.06. The van der Waals surface area contributed by atoms with Crippen LogP contribution in [0.1, 0.15) is 15.9 Å². The Morgan fingerprint density at radius 3 is 2.69 bits per heavy atom. The molecule has 4 heteroatoms. The minimum Gasteiger partial charge on any atom is -0.274 e. The highest BCUT2D eigenvalue weighted by molar-refractivity contribution is 5.97. The summed E-state index contributed by atoms with van der Waals surface area (Å²) in [5.74, 6) is -0.0481. The van der Waals surface area contributed by atoms with E-state index in [4.69, 9.17) is 4.84 Å². The molecule has 0 N–H and O–H groups in total. The second-order valence-electron chi connectivity index (χ2n) is 2.68. The standard InChI is InChI=1S/C9H9NO2.ClH/c1-12-10-6-7-4-2-3-5-8(7)9(10)11;/h2-5H,6H2,1H3;1H. The van der Waals surface area contributed by atoms with Crippen molar-refractivity contribution in [2.24, 2.45) is 0 Å². The number of carbonyl (C=O) groups is 1. The van der Waals surface area contributed by atoms with E-state index in [2.05, 4.69) is 0 Å². The van der Waals surface area contributed by atoms with Crippen molar-refractivity contribution < 1.29 is 9.63 Å². The molecule has 13 heavy (non-hydrogen) atoms. The molecular weight excluding hydrogens is 190 g/mol. The van der Waals surface area contributed by atoms with Crippen LogP contribution in [0.15, 0.2) is 24.3 Å². The highest BCUT2D eigenvalue weighted by Gasteiger charge is 2.26. The van der Waals surface area contributed by atoms with Crippen LogP contribution in [0.5, 0.6) is 0 Å². The third-order valence-electron chi connectivity index (χ3n) is 2.01. The quantitative estimate of drug-likeness (QED) is 0.688. The number of carbonyl (C=O) groups excluding carboxylic acids is 1. The number of halogens is 1. The zero-order valence-electron chi connectivity index (χ0n) is 7.19. The molecule has 0 aliphatic carbocycles. The molecule has 0 saturated heterocycles. The van der Waals surface area contributed by atoms with Crippen molar-refractivity contribution in [3.63, 3.8) is 0 Å². The summed E-state index contributed by atoms with van der Waals surface area (Å²) in [6.07, 6.45) is 0. The molecule has 0 fully saturated rings. The van der Waals surface area contributed by atoms with Crippen LogP contribution in [-0.4, -0.2) is 18.1 Å². The van der Waals surface area contributed by atoms with Gasteiger partial charge in [0.2, 0.25) is 0 Å². The number of benzene rings is 1. The van der Waals surface area contributed by atoms with Crippen LogP contribution in [0.25, 0.3) is 0 Å². The van der Waals surface area contributed by atoms with E-state index in [0.717, 1.165) is 11.1 Å². The van der Waals surface area contributed by atoms with Gasteiger partial charge < -0.3 is 0 Å². The highest BCUT2D eigenvalue weighted by atomic mass is 35.5. The van der Waals surface area contributed by atoms with Crippen molar-refractivity contribution in [3.05, 3.63) is 35.4 Å². The summed E-state index contributed by atoms with van der Waals surface area (Å²) < 4.78 is 0. The Morgan fingerprint density at radius 2 is 2.08 bits per heavy atom. The Bertz CT molecular complexity index is 327. The second-order valence-corrected chi connectivity index (χ2v) is 2.68. The van der Waals surface area contributed by atoms with Crippen molar-refractivity contribution in [3.8, 4) is 0 Å². The maximum Gasteiger partial charge on any atom is 0.278 e. The lowest BCUT2D eigenvalue weighted by atomic mass is 10.1. The first-order valence-electron chi connectivity index (χ1n) is 3.77. The van der Waals surface area contributed by atoms with E-state index < -0.39 is 0 Å². The van der Waals surface area contributed by atoms with Gasteiger partial charge in [0.15, 0.2) is 0 Å². The Kier molecular flexibility index (Phi) is 2.90. The summed E-state index contributed by atoms with van der Waals surface area (Å²) in [5.41, 5.74) is 1.78. The van der Waals surface area contributed by atoms with E-state index in [1.165, 1.54) is 12.2 Å². The first kappa shape index (κ1) is 10.0. The van der Waals surface area contributed by atoms with E-state index in [1.54, 1.807) is 0 Å². The lowest BCUT2D eigenvalue weighted by Gasteiger charge is -2.09. The van der Waals surface area contributed by atoms with Gasteiger partial charge in [-0.15, -0.1) is 12.4 Å². The molecule has 2 rings (SSSR count). The molecule has 1 aliphatic heterocycles. The summed E-state index contributed by atoms with van der Waals surface area (Å²) in [4.78, 5) is 16.3. The molecule has 0 spiro atoms. The number of amides is 1. The fourth-order valence-corrected chi connectivity index (χ4v) is 1.38. The van der Waals surface area contributed by atoms with Crippen molar-refractivity contribution >= 4 is 18.3 Å². The lowest BCUT2D eigenvalue weighted by molar-refractivity contribution is -0.0956. The van der Waals surface area contributed by atoms with Gasteiger partial charge in [-0.2, -0.15) is 0 Å². The van der Waals surface area contributed by atoms with E-state index in [-0.39, 0.29) is 18.3 Å². The number of hydrogen-bond donors (Lipinski definition) is 0. The van der Waals surface area contributed by atoms with Gasteiger partial charge in [0.1, 0.15) is 0 Å². The van der Waals surface area contributed by atoms with Crippen LogP contribution in [0.2, 0.25) is 0 Å². The Morgan fingerprint density at radius 1 is 1.38 bits per heavy atom. The molecule has 1 heterocycles. The van der Waals surface area contributed by atoms with Crippen LogP contribution in [0.4, 0.5) is 0 Å². The van der Waals surface area contributed by atoms with Crippen LogP contribution in [-0.2, 0) is 11.4 Å². The van der Waals surface area contributed by atoms with Crippen molar-refractivity contribution in [2.75, 3.05) is 7.11 Å². The number of hydroxylamine groups is 2. The predicted octanol–water partition coefficient (Wildman–Crippen LogP) is 1.63. The van der Waals surface area contributed by atoms with Gasteiger partial charge in [-0.1, -0.05) is 18.2 Å². The first-order valence-corrected chi connectivity index (χ1v) is 3.77. The maximum absolute atomic E-state index is 11.4. The average molecular weight is 200 g/mol. The van der Waals surface area contributed by atoms with Gasteiger partial charge in [-0.25, -0.2) is 5.06 Å². The zero-order chi connectivity index (χ0) is 8.55. The molecule has 0 unspecified atom stereocenters.